The van der Waals surface area contributed by atoms with E-state index in [0.29, 0.717) is 16.5 Å². The zero-order valence-corrected chi connectivity index (χ0v) is 11.8. The third-order valence-electron chi connectivity index (χ3n) is 3.02. The Hall–Kier alpha value is -1.22. The summed E-state index contributed by atoms with van der Waals surface area (Å²) in [6.45, 7) is 6.26. The van der Waals surface area contributed by atoms with Crippen LogP contribution < -0.4 is 5.32 Å². The molecule has 100 valence electrons. The van der Waals surface area contributed by atoms with Crippen LogP contribution in [0.4, 0.5) is 0 Å². The Kier molecular flexibility index (Phi) is 5.48. The molecule has 4 heteroatoms. The molecule has 0 heterocycles. The minimum Gasteiger partial charge on any atom is -0.508 e. The Balaban J connectivity index is 2.67. The lowest BCUT2D eigenvalue weighted by molar-refractivity contribution is 0.0935. The van der Waals surface area contributed by atoms with Crippen LogP contribution in [0, 0.1) is 5.92 Å². The molecule has 3 nitrogen and oxygen atoms in total. The first-order valence-electron chi connectivity index (χ1n) is 6.23. The van der Waals surface area contributed by atoms with Crippen molar-refractivity contribution in [3.05, 3.63) is 28.8 Å². The Labute approximate surface area is 113 Å². The fourth-order valence-corrected chi connectivity index (χ4v) is 2.02. The third kappa shape index (κ3) is 4.22. The molecule has 0 bridgehead atoms. The standard InChI is InChI=1S/C14H20ClNO2/c1-4-9(2)7-10(3)16-14(18)12-8-11(17)5-6-13(12)15/h5-6,8-10,17H,4,7H2,1-3H3,(H,16,18). The highest BCUT2D eigenvalue weighted by atomic mass is 35.5. The monoisotopic (exact) mass is 269 g/mol. The van der Waals surface area contributed by atoms with Crippen molar-refractivity contribution in [1.82, 2.24) is 5.32 Å². The summed E-state index contributed by atoms with van der Waals surface area (Å²) in [6, 6.07) is 4.45. The van der Waals surface area contributed by atoms with Gasteiger partial charge in [-0.15, -0.1) is 0 Å². The predicted molar refractivity (Wildman–Crippen MR) is 74.1 cm³/mol. The molecule has 0 saturated carbocycles. The molecular weight excluding hydrogens is 250 g/mol. The highest BCUT2D eigenvalue weighted by molar-refractivity contribution is 6.33. The Morgan fingerprint density at radius 2 is 2.11 bits per heavy atom. The van der Waals surface area contributed by atoms with E-state index in [1.165, 1.54) is 18.2 Å². The molecule has 2 N–H and O–H groups in total. The number of carbonyl (C=O) groups excluding carboxylic acids is 1. The van der Waals surface area contributed by atoms with Gasteiger partial charge in [-0.2, -0.15) is 0 Å². The number of amides is 1. The minimum atomic E-state index is -0.244. The highest BCUT2D eigenvalue weighted by Gasteiger charge is 2.15. The lowest BCUT2D eigenvalue weighted by Gasteiger charge is -2.18. The van der Waals surface area contributed by atoms with E-state index in [0.717, 1.165) is 12.8 Å². The van der Waals surface area contributed by atoms with Gasteiger partial charge in [-0.3, -0.25) is 4.79 Å². The number of phenols is 1. The van der Waals surface area contributed by atoms with Gasteiger partial charge in [0.2, 0.25) is 0 Å². The SMILES string of the molecule is CCC(C)CC(C)NC(=O)c1cc(O)ccc1Cl. The molecule has 0 aromatic heterocycles. The highest BCUT2D eigenvalue weighted by Crippen LogP contribution is 2.21. The van der Waals surface area contributed by atoms with Crippen molar-refractivity contribution in [1.29, 1.82) is 0 Å². The van der Waals surface area contributed by atoms with Crippen molar-refractivity contribution in [3.63, 3.8) is 0 Å². The summed E-state index contributed by atoms with van der Waals surface area (Å²) in [7, 11) is 0. The van der Waals surface area contributed by atoms with E-state index in [9.17, 15) is 9.90 Å². The van der Waals surface area contributed by atoms with Crippen LogP contribution in [-0.4, -0.2) is 17.1 Å². The van der Waals surface area contributed by atoms with Crippen molar-refractivity contribution < 1.29 is 9.90 Å². The van der Waals surface area contributed by atoms with Crippen LogP contribution in [0.5, 0.6) is 5.75 Å². The number of phenolic OH excluding ortho intramolecular Hbond substituents is 1. The largest absolute Gasteiger partial charge is 0.508 e. The molecule has 0 aliphatic rings. The molecule has 1 rings (SSSR count). The summed E-state index contributed by atoms with van der Waals surface area (Å²) in [6.07, 6.45) is 2.02. The molecule has 0 spiro atoms. The molecule has 0 aliphatic heterocycles. The Morgan fingerprint density at radius 3 is 2.72 bits per heavy atom. The number of hydrogen-bond acceptors (Lipinski definition) is 2. The van der Waals surface area contributed by atoms with Crippen LogP contribution in [0.3, 0.4) is 0 Å². The lowest BCUT2D eigenvalue weighted by Crippen LogP contribution is -2.33. The number of aromatic hydroxyl groups is 1. The van der Waals surface area contributed by atoms with E-state index < -0.39 is 0 Å². The molecule has 18 heavy (non-hydrogen) atoms. The molecular formula is C14H20ClNO2. The minimum absolute atomic E-state index is 0.0409. The normalized spacial score (nSPS) is 14.0. The number of hydrogen-bond donors (Lipinski definition) is 2. The van der Waals surface area contributed by atoms with Crippen molar-refractivity contribution >= 4 is 17.5 Å². The maximum Gasteiger partial charge on any atom is 0.253 e. The van der Waals surface area contributed by atoms with Gasteiger partial charge in [0.05, 0.1) is 10.6 Å². The summed E-state index contributed by atoms with van der Waals surface area (Å²) >= 11 is 5.94. The van der Waals surface area contributed by atoms with Crippen LogP contribution in [0.1, 0.15) is 44.0 Å². The molecule has 1 aromatic rings. The molecule has 0 aliphatic carbocycles. The van der Waals surface area contributed by atoms with E-state index in [2.05, 4.69) is 19.2 Å². The van der Waals surface area contributed by atoms with Gasteiger partial charge in [0.1, 0.15) is 5.75 Å². The van der Waals surface area contributed by atoms with E-state index >= 15 is 0 Å². The zero-order valence-electron chi connectivity index (χ0n) is 11.0. The van der Waals surface area contributed by atoms with Gasteiger partial charge in [0.15, 0.2) is 0 Å². The third-order valence-corrected chi connectivity index (χ3v) is 3.35. The molecule has 2 unspecified atom stereocenters. The van der Waals surface area contributed by atoms with E-state index in [1.54, 1.807) is 0 Å². The van der Waals surface area contributed by atoms with Gasteiger partial charge in [0, 0.05) is 6.04 Å². The van der Waals surface area contributed by atoms with Gasteiger partial charge >= 0.3 is 0 Å². The van der Waals surface area contributed by atoms with E-state index in [-0.39, 0.29) is 17.7 Å². The average molecular weight is 270 g/mol. The molecule has 2 atom stereocenters. The Morgan fingerprint density at radius 1 is 1.44 bits per heavy atom. The summed E-state index contributed by atoms with van der Waals surface area (Å²) in [4.78, 5) is 12.0. The number of rotatable bonds is 5. The van der Waals surface area contributed by atoms with Crippen molar-refractivity contribution in [3.8, 4) is 5.75 Å². The quantitative estimate of drug-likeness (QED) is 0.858. The van der Waals surface area contributed by atoms with Crippen LogP contribution in [-0.2, 0) is 0 Å². The van der Waals surface area contributed by atoms with Gasteiger partial charge in [-0.05, 0) is 37.5 Å². The van der Waals surface area contributed by atoms with E-state index in [4.69, 9.17) is 11.6 Å². The van der Waals surface area contributed by atoms with Crippen molar-refractivity contribution in [2.24, 2.45) is 5.92 Å². The first kappa shape index (κ1) is 14.8. The maximum absolute atomic E-state index is 12.0. The summed E-state index contributed by atoms with van der Waals surface area (Å²) < 4.78 is 0. The average Bonchev–Trinajstić information content (AvgIpc) is 2.31. The number of benzene rings is 1. The summed E-state index contributed by atoms with van der Waals surface area (Å²) in [5, 5.41) is 12.6. The van der Waals surface area contributed by atoms with Crippen LogP contribution in [0.25, 0.3) is 0 Å². The fraction of sp³-hybridized carbons (Fsp3) is 0.500. The molecule has 1 aromatic carbocycles. The number of nitrogens with one attached hydrogen (secondary N) is 1. The second-order valence-electron chi connectivity index (χ2n) is 4.79. The van der Waals surface area contributed by atoms with Crippen molar-refractivity contribution in [2.45, 2.75) is 39.7 Å². The van der Waals surface area contributed by atoms with Crippen LogP contribution >= 0.6 is 11.6 Å². The maximum atomic E-state index is 12.0. The fourth-order valence-electron chi connectivity index (χ4n) is 1.82. The topological polar surface area (TPSA) is 49.3 Å². The Bertz CT molecular complexity index is 420. The zero-order chi connectivity index (χ0) is 13.7. The summed E-state index contributed by atoms with van der Waals surface area (Å²) in [5.74, 6) is 0.366. The second kappa shape index (κ2) is 6.64. The second-order valence-corrected chi connectivity index (χ2v) is 5.19. The first-order valence-corrected chi connectivity index (χ1v) is 6.61. The molecule has 1 amide bonds. The van der Waals surface area contributed by atoms with Crippen LogP contribution in [0.2, 0.25) is 5.02 Å². The van der Waals surface area contributed by atoms with Gasteiger partial charge in [0.25, 0.3) is 5.91 Å². The number of carbonyl (C=O) groups is 1. The number of halogens is 1. The van der Waals surface area contributed by atoms with Crippen molar-refractivity contribution in [2.75, 3.05) is 0 Å². The summed E-state index contributed by atoms with van der Waals surface area (Å²) in [5.41, 5.74) is 0.313. The van der Waals surface area contributed by atoms with Gasteiger partial charge in [-0.25, -0.2) is 0 Å². The van der Waals surface area contributed by atoms with E-state index in [1.807, 2.05) is 6.92 Å². The van der Waals surface area contributed by atoms with Gasteiger partial charge < -0.3 is 10.4 Å². The molecule has 0 radical (unpaired) electrons. The molecule has 0 saturated heterocycles. The molecule has 0 fully saturated rings. The van der Waals surface area contributed by atoms with Gasteiger partial charge in [-0.1, -0.05) is 31.9 Å². The first-order chi connectivity index (χ1) is 8.43. The predicted octanol–water partition coefficient (Wildman–Crippen LogP) is 3.60. The smallest absolute Gasteiger partial charge is 0.253 e. The van der Waals surface area contributed by atoms with Crippen LogP contribution in [0.15, 0.2) is 18.2 Å². The lowest BCUT2D eigenvalue weighted by atomic mass is 10.00.